The van der Waals surface area contributed by atoms with Crippen LogP contribution in [0.15, 0.2) is 70.1 Å². The van der Waals surface area contributed by atoms with E-state index in [1.807, 2.05) is 45.8 Å². The number of carbonyl (C=O) groups is 3. The Labute approximate surface area is 419 Å². The normalized spacial score (nSPS) is 27.1. The highest BCUT2D eigenvalue weighted by Gasteiger charge is 2.53. The number of carbonyl (C=O) groups excluding carboxylic acids is 3. The van der Waals surface area contributed by atoms with Crippen LogP contribution in [0.5, 0.6) is 0 Å². The zero-order chi connectivity index (χ0) is 47.3. The maximum absolute atomic E-state index is 13.4. The van der Waals surface area contributed by atoms with Crippen molar-refractivity contribution in [1.82, 2.24) is 0 Å². The summed E-state index contributed by atoms with van der Waals surface area (Å²) in [7, 11) is 0. The largest absolute Gasteiger partial charge is 1.00 e. The van der Waals surface area contributed by atoms with Crippen LogP contribution in [-0.2, 0) is 54.0 Å². The topological polar surface area (TPSA) is 170 Å². The fraction of sp³-hybridized carbons (Fsp3) is 0.587. The second-order valence-electron chi connectivity index (χ2n) is 18.0. The molecule has 2 atom stereocenters. The number of piperidine rings is 6. The van der Waals surface area contributed by atoms with Crippen LogP contribution in [0.3, 0.4) is 0 Å². The number of carboxylic acid groups (broad SMARTS) is 1. The number of halogens is 4. The van der Waals surface area contributed by atoms with Gasteiger partial charge in [-0.25, -0.2) is 9.59 Å². The first-order valence-corrected chi connectivity index (χ1v) is 26.1. The predicted molar refractivity (Wildman–Crippen MR) is 240 cm³/mol. The van der Waals surface area contributed by atoms with E-state index in [4.69, 9.17) is 38.3 Å². The summed E-state index contributed by atoms with van der Waals surface area (Å²) in [6.45, 7) is 10.8. The zero-order valence-corrected chi connectivity index (χ0v) is 42.0. The van der Waals surface area contributed by atoms with Crippen molar-refractivity contribution >= 4 is 63.3 Å². The Bertz CT molecular complexity index is 1980. The number of hydrogen-bond acceptors (Lipinski definition) is 16. The second kappa shape index (κ2) is 22.7. The van der Waals surface area contributed by atoms with Gasteiger partial charge in [0, 0.05) is 50.4 Å². The Morgan fingerprint density at radius 3 is 1.15 bits per heavy atom. The lowest BCUT2D eigenvalue weighted by atomic mass is 9.83. The van der Waals surface area contributed by atoms with Gasteiger partial charge in [-0.15, -0.1) is 45.3 Å². The minimum atomic E-state index is -5.19. The summed E-state index contributed by atoms with van der Waals surface area (Å²) >= 11 is 5.52. The Kier molecular flexibility index (Phi) is 17.7. The molecular weight excluding hydrogens is 1040 g/mol. The third kappa shape index (κ3) is 11.9. The lowest BCUT2D eigenvalue weighted by Gasteiger charge is -2.52. The molecule has 8 saturated heterocycles. The molecule has 8 aliphatic rings. The molecule has 4 bridgehead atoms. The molecule has 0 spiro atoms. The number of aliphatic carboxylic acids is 1. The number of quaternary nitrogens is 2. The first kappa shape index (κ1) is 53.0. The number of fused-ring (bicyclic) bond motifs is 6. The van der Waals surface area contributed by atoms with E-state index in [0.29, 0.717) is 57.8 Å². The summed E-state index contributed by atoms with van der Waals surface area (Å²) in [6.07, 6.45) is 0.276. The van der Waals surface area contributed by atoms with Crippen molar-refractivity contribution in [2.24, 2.45) is 11.8 Å². The third-order valence-corrected chi connectivity index (χ3v) is 17.9. The molecule has 8 aliphatic heterocycles. The Morgan fingerprint density at radius 2 is 0.897 bits per heavy atom. The quantitative estimate of drug-likeness (QED) is 0.140. The van der Waals surface area contributed by atoms with Crippen molar-refractivity contribution in [3.8, 4) is 0 Å². The van der Waals surface area contributed by atoms with Crippen LogP contribution in [0.2, 0.25) is 0 Å². The number of alkyl halides is 3. The van der Waals surface area contributed by atoms with Gasteiger partial charge >= 0.3 is 18.1 Å². The Morgan fingerprint density at radius 1 is 0.603 bits per heavy atom. The molecule has 0 amide bonds. The van der Waals surface area contributed by atoms with E-state index in [-0.39, 0.29) is 41.8 Å². The second-order valence-corrected chi connectivity index (χ2v) is 21.8. The predicted octanol–water partition coefficient (Wildman–Crippen LogP) is 2.22. The molecule has 374 valence electrons. The lowest BCUT2D eigenvalue weighted by Crippen LogP contribution is -3.00. The van der Waals surface area contributed by atoms with Gasteiger partial charge in [-0.2, -0.15) is 13.2 Å². The van der Waals surface area contributed by atoms with E-state index in [0.717, 1.165) is 99.8 Å². The number of carboxylic acids is 1. The van der Waals surface area contributed by atoms with E-state index in [1.165, 1.54) is 45.3 Å². The van der Waals surface area contributed by atoms with Crippen LogP contribution >= 0.6 is 45.3 Å². The molecule has 2 N–H and O–H groups in total. The average molecular weight is 1090 g/mol. The SMILES string of the molecule is O=C(O[C@H]1C[N+]2(CCC3OCCO3)CCC1CC2)C(O)(c1cccs1)c1cccs1.O=C(O[C@H]1C[N+]2(CCC3OCCO3)CCC1CC2)C(O)(c1cccs1)c1cccs1.O=C([O-])C(F)(F)F.[Br-]. The minimum Gasteiger partial charge on any atom is -1.00 e. The fourth-order valence-electron chi connectivity index (χ4n) is 10.3. The molecular formula is C46H56BrF3N2O12S4. The molecule has 14 nitrogen and oxygen atoms in total. The fourth-order valence-corrected chi connectivity index (χ4v) is 13.7. The first-order valence-electron chi connectivity index (χ1n) is 22.6. The highest BCUT2D eigenvalue weighted by Crippen LogP contribution is 2.43. The van der Waals surface area contributed by atoms with Crippen LogP contribution in [0, 0.1) is 11.8 Å². The first-order chi connectivity index (χ1) is 32.1. The zero-order valence-electron chi connectivity index (χ0n) is 37.1. The van der Waals surface area contributed by atoms with Crippen LogP contribution < -0.4 is 22.1 Å². The molecule has 4 aromatic rings. The van der Waals surface area contributed by atoms with Gasteiger partial charge in [0.05, 0.1) is 85.2 Å². The maximum Gasteiger partial charge on any atom is 0.430 e. The molecule has 12 rings (SSSR count). The van der Waals surface area contributed by atoms with Gasteiger partial charge in [0.15, 0.2) is 24.8 Å². The van der Waals surface area contributed by atoms with Crippen LogP contribution in [0.25, 0.3) is 0 Å². The van der Waals surface area contributed by atoms with Crippen molar-refractivity contribution in [2.45, 2.75) is 80.7 Å². The molecule has 0 unspecified atom stereocenters. The summed E-state index contributed by atoms with van der Waals surface area (Å²) in [5.41, 5.74) is -3.46. The van der Waals surface area contributed by atoms with Crippen molar-refractivity contribution < 1.29 is 97.2 Å². The smallest absolute Gasteiger partial charge is 0.430 e. The number of rotatable bonds is 14. The number of ether oxygens (including phenoxy) is 6. The molecule has 4 aromatic heterocycles. The highest BCUT2D eigenvalue weighted by atomic mass is 79.9. The monoisotopic (exact) mass is 1090 g/mol. The van der Waals surface area contributed by atoms with Crippen molar-refractivity contribution in [3.63, 3.8) is 0 Å². The average Bonchev–Trinajstić information content (AvgIpc) is 4.19. The standard InChI is InChI=1S/2C22H28NO5S2.C2HF3O2.BrH/c2*24-21(22(25,18-3-1-13-29-18)19-4-2-14-30-19)28-17-15-23(8-5-16(17)6-9-23)10-7-20-26-11-12-27-20;3-2(4,5)1(6)7;/h2*1-4,13-14,16-17,20,25H,5-12,15H2;(H,6,7);1H/q2*+1;;/p-2/t2*16?,17-,23?;;/m00../s1. The summed E-state index contributed by atoms with van der Waals surface area (Å²) in [6, 6.07) is 14.6. The summed E-state index contributed by atoms with van der Waals surface area (Å²) < 4.78 is 68.1. The van der Waals surface area contributed by atoms with Gasteiger partial charge in [-0.1, -0.05) is 24.3 Å². The van der Waals surface area contributed by atoms with E-state index < -0.39 is 35.3 Å². The molecule has 68 heavy (non-hydrogen) atoms. The molecule has 8 fully saturated rings. The number of hydrogen-bond donors (Lipinski definition) is 2. The van der Waals surface area contributed by atoms with Gasteiger partial charge in [-0.05, 0) is 45.8 Å². The minimum absolute atomic E-state index is 0. The van der Waals surface area contributed by atoms with Gasteiger partial charge in [0.1, 0.15) is 19.1 Å². The molecule has 0 aromatic carbocycles. The van der Waals surface area contributed by atoms with E-state index in [9.17, 15) is 33.0 Å². The number of nitrogens with zero attached hydrogens (tertiary/aromatic N) is 2. The Balaban J connectivity index is 0.000000175. The molecule has 0 radical (unpaired) electrons. The maximum atomic E-state index is 13.4. The number of esters is 2. The highest BCUT2D eigenvalue weighted by molar-refractivity contribution is 7.12. The van der Waals surface area contributed by atoms with Crippen molar-refractivity contribution in [1.29, 1.82) is 0 Å². The summed E-state index contributed by atoms with van der Waals surface area (Å²) in [4.78, 5) is 38.0. The van der Waals surface area contributed by atoms with Crippen molar-refractivity contribution in [2.75, 3.05) is 78.8 Å². The van der Waals surface area contributed by atoms with Gasteiger partial charge in [0.2, 0.25) is 11.2 Å². The summed E-state index contributed by atoms with van der Waals surface area (Å²) in [5.74, 6) is -3.35. The number of aliphatic hydroxyl groups is 2. The van der Waals surface area contributed by atoms with Gasteiger partial charge < -0.3 is 74.5 Å². The van der Waals surface area contributed by atoms with Crippen LogP contribution in [-0.4, -0.2) is 147 Å². The van der Waals surface area contributed by atoms with Crippen LogP contribution in [0.4, 0.5) is 13.2 Å². The Hall–Kier alpha value is -2.84. The van der Waals surface area contributed by atoms with E-state index >= 15 is 0 Å². The third-order valence-electron chi connectivity index (χ3n) is 14.0. The summed E-state index contributed by atoms with van der Waals surface area (Å²) in [5, 5.41) is 39.3. The van der Waals surface area contributed by atoms with E-state index in [2.05, 4.69) is 0 Å². The van der Waals surface area contributed by atoms with Crippen molar-refractivity contribution in [3.05, 3.63) is 89.6 Å². The molecule has 0 saturated carbocycles. The molecule has 12 heterocycles. The van der Waals surface area contributed by atoms with Crippen LogP contribution in [0.1, 0.15) is 58.0 Å². The molecule has 0 aliphatic carbocycles. The van der Waals surface area contributed by atoms with Gasteiger partial charge in [0.25, 0.3) is 0 Å². The molecule has 22 heteroatoms. The van der Waals surface area contributed by atoms with E-state index in [1.54, 1.807) is 24.3 Å². The number of thiophene rings is 4. The van der Waals surface area contributed by atoms with Gasteiger partial charge in [-0.3, -0.25) is 0 Å². The lowest BCUT2D eigenvalue weighted by molar-refractivity contribution is -0.946.